The van der Waals surface area contributed by atoms with Gasteiger partial charge in [0.1, 0.15) is 5.75 Å². The topological polar surface area (TPSA) is 80.0 Å². The summed E-state index contributed by atoms with van der Waals surface area (Å²) >= 11 is 13.0. The van der Waals surface area contributed by atoms with Crippen LogP contribution in [0.1, 0.15) is 10.4 Å². The molecule has 140 valence electrons. The molecule has 0 fully saturated rings. The van der Waals surface area contributed by atoms with E-state index in [-0.39, 0.29) is 16.7 Å². The number of amides is 1. The Morgan fingerprint density at radius 1 is 1.07 bits per heavy atom. The fourth-order valence-electron chi connectivity index (χ4n) is 2.57. The number of aromatic nitrogens is 3. The summed E-state index contributed by atoms with van der Waals surface area (Å²) in [6.45, 7) is 0. The number of phenols is 1. The number of hydrogen-bond donors (Lipinski definition) is 2. The number of nitrogens with one attached hydrogen (secondary N) is 1. The number of aromatic hydroxyl groups is 1. The number of hydrogen-bond acceptors (Lipinski definition) is 5. The highest BCUT2D eigenvalue weighted by atomic mass is 35.5. The SMILES string of the molecule is O=C(Nc1nnc(-c2cc(Cl)cc(Cl)c2O)s1)c1ccc(-n2cccc2)cc1. The zero-order valence-corrected chi connectivity index (χ0v) is 16.5. The molecular formula is C19H12Cl2N4O2S. The molecule has 0 saturated carbocycles. The van der Waals surface area contributed by atoms with Crippen molar-refractivity contribution in [3.05, 3.63) is 76.5 Å². The van der Waals surface area contributed by atoms with Crippen LogP contribution < -0.4 is 5.32 Å². The third-order valence-electron chi connectivity index (χ3n) is 3.94. The summed E-state index contributed by atoms with van der Waals surface area (Å²) < 4.78 is 1.95. The maximum Gasteiger partial charge on any atom is 0.257 e. The molecular weight excluding hydrogens is 419 g/mol. The van der Waals surface area contributed by atoms with E-state index in [0.29, 0.717) is 26.3 Å². The van der Waals surface area contributed by atoms with Gasteiger partial charge >= 0.3 is 0 Å². The number of halogens is 2. The van der Waals surface area contributed by atoms with E-state index >= 15 is 0 Å². The molecule has 1 amide bonds. The van der Waals surface area contributed by atoms with Crippen LogP contribution >= 0.6 is 34.5 Å². The number of anilines is 1. The van der Waals surface area contributed by atoms with Crippen molar-refractivity contribution in [1.82, 2.24) is 14.8 Å². The normalized spacial score (nSPS) is 10.8. The minimum absolute atomic E-state index is 0.117. The summed E-state index contributed by atoms with van der Waals surface area (Å²) in [6, 6.07) is 14.0. The van der Waals surface area contributed by atoms with Crippen molar-refractivity contribution >= 4 is 45.6 Å². The molecule has 0 atom stereocenters. The molecule has 0 radical (unpaired) electrons. The van der Waals surface area contributed by atoms with Crippen LogP contribution in [0.15, 0.2) is 60.9 Å². The number of carbonyl (C=O) groups is 1. The largest absolute Gasteiger partial charge is 0.506 e. The lowest BCUT2D eigenvalue weighted by atomic mass is 10.2. The van der Waals surface area contributed by atoms with E-state index in [4.69, 9.17) is 23.2 Å². The van der Waals surface area contributed by atoms with Crippen molar-refractivity contribution in [3.63, 3.8) is 0 Å². The van der Waals surface area contributed by atoms with E-state index in [1.165, 1.54) is 12.1 Å². The van der Waals surface area contributed by atoms with Crippen LogP contribution in [0, 0.1) is 0 Å². The first kappa shape index (κ1) is 18.5. The Morgan fingerprint density at radius 3 is 2.50 bits per heavy atom. The van der Waals surface area contributed by atoms with E-state index in [1.807, 2.05) is 41.2 Å². The summed E-state index contributed by atoms with van der Waals surface area (Å²) in [5.74, 6) is -0.448. The summed E-state index contributed by atoms with van der Waals surface area (Å²) in [7, 11) is 0. The van der Waals surface area contributed by atoms with E-state index in [2.05, 4.69) is 15.5 Å². The van der Waals surface area contributed by atoms with Crippen molar-refractivity contribution in [2.24, 2.45) is 0 Å². The van der Waals surface area contributed by atoms with Gasteiger partial charge in [-0.2, -0.15) is 0 Å². The van der Waals surface area contributed by atoms with Gasteiger partial charge < -0.3 is 9.67 Å². The van der Waals surface area contributed by atoms with Gasteiger partial charge in [0, 0.05) is 28.7 Å². The molecule has 6 nitrogen and oxygen atoms in total. The van der Waals surface area contributed by atoms with Crippen LogP contribution in [0.5, 0.6) is 5.75 Å². The Balaban J connectivity index is 1.52. The second-order valence-corrected chi connectivity index (χ2v) is 7.61. The third-order valence-corrected chi connectivity index (χ3v) is 5.31. The average Bonchev–Trinajstić information content (AvgIpc) is 3.37. The molecule has 9 heteroatoms. The lowest BCUT2D eigenvalue weighted by Crippen LogP contribution is -2.11. The highest BCUT2D eigenvalue weighted by Gasteiger charge is 2.16. The molecule has 0 saturated heterocycles. The first-order valence-corrected chi connectivity index (χ1v) is 9.65. The molecule has 0 spiro atoms. The minimum Gasteiger partial charge on any atom is -0.506 e. The van der Waals surface area contributed by atoms with Gasteiger partial charge in [0.05, 0.1) is 10.6 Å². The van der Waals surface area contributed by atoms with Crippen molar-refractivity contribution in [2.75, 3.05) is 5.32 Å². The summed E-state index contributed by atoms with van der Waals surface area (Å²) in [5.41, 5.74) is 1.79. The first-order chi connectivity index (χ1) is 13.5. The Kier molecular flexibility index (Phi) is 5.04. The molecule has 0 unspecified atom stereocenters. The van der Waals surface area contributed by atoms with Gasteiger partial charge in [0.25, 0.3) is 5.91 Å². The molecule has 2 aromatic carbocycles. The second kappa shape index (κ2) is 7.63. The second-order valence-electron chi connectivity index (χ2n) is 5.79. The predicted molar refractivity (Wildman–Crippen MR) is 111 cm³/mol. The minimum atomic E-state index is -0.310. The summed E-state index contributed by atoms with van der Waals surface area (Å²) in [4.78, 5) is 12.5. The smallest absolute Gasteiger partial charge is 0.257 e. The number of phenolic OH excluding ortho intramolecular Hbond substituents is 1. The van der Waals surface area contributed by atoms with Gasteiger partial charge in [-0.05, 0) is 48.5 Å². The highest BCUT2D eigenvalue weighted by Crippen LogP contribution is 2.39. The lowest BCUT2D eigenvalue weighted by Gasteiger charge is -2.05. The fraction of sp³-hybridized carbons (Fsp3) is 0. The number of carbonyl (C=O) groups excluding carboxylic acids is 1. The summed E-state index contributed by atoms with van der Waals surface area (Å²) in [5, 5.41) is 21.9. The van der Waals surface area contributed by atoms with E-state index in [1.54, 1.807) is 12.1 Å². The van der Waals surface area contributed by atoms with E-state index in [0.717, 1.165) is 17.0 Å². The maximum atomic E-state index is 12.5. The Labute approximate surface area is 174 Å². The molecule has 0 aliphatic heterocycles. The fourth-order valence-corrected chi connectivity index (χ4v) is 3.82. The van der Waals surface area contributed by atoms with Crippen molar-refractivity contribution in [1.29, 1.82) is 0 Å². The predicted octanol–water partition coefficient (Wildman–Crippen LogP) is 5.26. The van der Waals surface area contributed by atoms with Gasteiger partial charge in [0.2, 0.25) is 5.13 Å². The Bertz CT molecular complexity index is 1140. The molecule has 0 bridgehead atoms. The molecule has 4 rings (SSSR count). The van der Waals surface area contributed by atoms with Gasteiger partial charge in [-0.1, -0.05) is 34.5 Å². The standard InChI is InChI=1S/C19H12Cl2N4O2S/c20-12-9-14(16(26)15(21)10-12)18-23-24-19(28-18)22-17(27)11-3-5-13(6-4-11)25-7-1-2-8-25/h1-10,26H,(H,22,24,27). The van der Waals surface area contributed by atoms with Gasteiger partial charge in [-0.15, -0.1) is 10.2 Å². The molecule has 0 aliphatic carbocycles. The van der Waals surface area contributed by atoms with Gasteiger partial charge in [-0.3, -0.25) is 10.1 Å². The number of nitrogens with zero attached hydrogens (tertiary/aromatic N) is 3. The molecule has 2 N–H and O–H groups in total. The highest BCUT2D eigenvalue weighted by molar-refractivity contribution is 7.18. The molecule has 28 heavy (non-hydrogen) atoms. The van der Waals surface area contributed by atoms with Crippen molar-refractivity contribution in [3.8, 4) is 22.0 Å². The molecule has 4 aromatic rings. The zero-order chi connectivity index (χ0) is 19.7. The zero-order valence-electron chi connectivity index (χ0n) is 14.1. The number of rotatable bonds is 4. The average molecular weight is 431 g/mol. The van der Waals surface area contributed by atoms with Crippen LogP contribution in [-0.2, 0) is 0 Å². The van der Waals surface area contributed by atoms with E-state index < -0.39 is 0 Å². The van der Waals surface area contributed by atoms with E-state index in [9.17, 15) is 9.90 Å². The maximum absolute atomic E-state index is 12.5. The number of benzene rings is 2. The third kappa shape index (κ3) is 3.73. The van der Waals surface area contributed by atoms with Crippen molar-refractivity contribution < 1.29 is 9.90 Å². The quantitative estimate of drug-likeness (QED) is 0.462. The Hall–Kier alpha value is -2.87. The summed E-state index contributed by atoms with van der Waals surface area (Å²) in [6.07, 6.45) is 3.85. The lowest BCUT2D eigenvalue weighted by molar-refractivity contribution is 0.102. The van der Waals surface area contributed by atoms with Crippen LogP contribution in [0.3, 0.4) is 0 Å². The van der Waals surface area contributed by atoms with Crippen LogP contribution in [0.4, 0.5) is 5.13 Å². The first-order valence-electron chi connectivity index (χ1n) is 8.08. The van der Waals surface area contributed by atoms with Crippen LogP contribution in [0.25, 0.3) is 16.3 Å². The monoisotopic (exact) mass is 430 g/mol. The Morgan fingerprint density at radius 2 is 1.79 bits per heavy atom. The molecule has 0 aliphatic rings. The van der Waals surface area contributed by atoms with Crippen LogP contribution in [0.2, 0.25) is 10.0 Å². The van der Waals surface area contributed by atoms with Gasteiger partial charge in [-0.25, -0.2) is 0 Å². The van der Waals surface area contributed by atoms with Crippen LogP contribution in [-0.4, -0.2) is 25.8 Å². The molecule has 2 heterocycles. The molecule has 2 aromatic heterocycles. The van der Waals surface area contributed by atoms with Crippen molar-refractivity contribution in [2.45, 2.75) is 0 Å². The van der Waals surface area contributed by atoms with Gasteiger partial charge in [0.15, 0.2) is 5.01 Å².